The van der Waals surface area contributed by atoms with Gasteiger partial charge in [-0.05, 0) is 24.5 Å². The van der Waals surface area contributed by atoms with E-state index in [1.54, 1.807) is 19.2 Å². The van der Waals surface area contributed by atoms with E-state index < -0.39 is 30.5 Å². The molecule has 0 radical (unpaired) electrons. The number of halogens is 1. The third-order valence-electron chi connectivity index (χ3n) is 5.92. The molecule has 160 valence electrons. The highest BCUT2D eigenvalue weighted by molar-refractivity contribution is 6.31. The molecular weight excluding hydrogens is 398 g/mol. The SMILES string of the molecule is CN(C(=O)OCOC(=O)CC1(C)COC1)[C@]1(c2ccccc2Cl)CCCCC1O. The number of likely N-dealkylation sites (N-methyl/N-ethyl adjacent to an activating group) is 1. The van der Waals surface area contributed by atoms with E-state index in [-0.39, 0.29) is 11.8 Å². The molecule has 2 atom stereocenters. The zero-order valence-corrected chi connectivity index (χ0v) is 17.6. The van der Waals surface area contributed by atoms with E-state index in [0.717, 1.165) is 12.8 Å². The van der Waals surface area contributed by atoms with Crippen molar-refractivity contribution < 1.29 is 28.9 Å². The third-order valence-corrected chi connectivity index (χ3v) is 6.25. The molecule has 1 aliphatic heterocycles. The van der Waals surface area contributed by atoms with Gasteiger partial charge in [0.25, 0.3) is 0 Å². The Bertz CT molecular complexity index is 752. The maximum absolute atomic E-state index is 12.7. The van der Waals surface area contributed by atoms with Crippen LogP contribution in [-0.2, 0) is 24.5 Å². The molecule has 0 spiro atoms. The first-order valence-corrected chi connectivity index (χ1v) is 10.2. The molecule has 29 heavy (non-hydrogen) atoms. The van der Waals surface area contributed by atoms with E-state index in [1.807, 2.05) is 19.1 Å². The lowest BCUT2D eigenvalue weighted by Gasteiger charge is -2.47. The Hall–Kier alpha value is -1.83. The predicted octanol–water partition coefficient (Wildman–Crippen LogP) is 3.47. The van der Waals surface area contributed by atoms with E-state index in [1.165, 1.54) is 4.90 Å². The molecule has 1 N–H and O–H groups in total. The second-order valence-electron chi connectivity index (χ2n) is 8.25. The number of ether oxygens (including phenoxy) is 3. The van der Waals surface area contributed by atoms with E-state index >= 15 is 0 Å². The number of benzene rings is 1. The van der Waals surface area contributed by atoms with Crippen molar-refractivity contribution >= 4 is 23.7 Å². The minimum atomic E-state index is -0.992. The van der Waals surface area contributed by atoms with Crippen LogP contribution >= 0.6 is 11.6 Å². The molecule has 1 saturated carbocycles. The van der Waals surface area contributed by atoms with E-state index in [9.17, 15) is 14.7 Å². The molecule has 1 unspecified atom stereocenters. The van der Waals surface area contributed by atoms with Gasteiger partial charge in [0.05, 0.1) is 31.3 Å². The number of aliphatic hydroxyl groups excluding tert-OH is 1. The molecular formula is C21H28ClNO6. The molecule has 1 saturated heterocycles. The Morgan fingerprint density at radius 1 is 1.28 bits per heavy atom. The quantitative estimate of drug-likeness (QED) is 0.555. The fourth-order valence-electron chi connectivity index (χ4n) is 4.19. The van der Waals surface area contributed by atoms with Crippen LogP contribution in [0.15, 0.2) is 24.3 Å². The van der Waals surface area contributed by atoms with Gasteiger partial charge in [-0.1, -0.05) is 49.6 Å². The lowest BCUT2D eigenvalue weighted by molar-refractivity contribution is -0.167. The van der Waals surface area contributed by atoms with Crippen molar-refractivity contribution in [3.05, 3.63) is 34.9 Å². The highest BCUT2D eigenvalue weighted by atomic mass is 35.5. The molecule has 1 aliphatic carbocycles. The van der Waals surface area contributed by atoms with Crippen LogP contribution in [0.25, 0.3) is 0 Å². The number of amides is 1. The van der Waals surface area contributed by atoms with Crippen molar-refractivity contribution in [3.63, 3.8) is 0 Å². The molecule has 2 fully saturated rings. The number of nitrogens with zero attached hydrogens (tertiary/aromatic N) is 1. The van der Waals surface area contributed by atoms with E-state index in [2.05, 4.69) is 0 Å². The Kier molecular flexibility index (Phi) is 6.71. The summed E-state index contributed by atoms with van der Waals surface area (Å²) >= 11 is 6.42. The maximum Gasteiger partial charge on any atom is 0.413 e. The summed E-state index contributed by atoms with van der Waals surface area (Å²) in [6.07, 6.45) is 1.57. The van der Waals surface area contributed by atoms with Gasteiger partial charge < -0.3 is 19.3 Å². The van der Waals surface area contributed by atoms with Gasteiger partial charge >= 0.3 is 12.1 Å². The molecule has 2 aliphatic rings. The molecule has 0 bridgehead atoms. The number of rotatable bonds is 6. The minimum absolute atomic E-state index is 0.210. The number of carbonyl (C=O) groups is 2. The van der Waals surface area contributed by atoms with Gasteiger partial charge in [0, 0.05) is 17.5 Å². The molecule has 8 heteroatoms. The zero-order valence-electron chi connectivity index (χ0n) is 16.9. The summed E-state index contributed by atoms with van der Waals surface area (Å²) in [5, 5.41) is 11.4. The normalized spacial score (nSPS) is 25.6. The third kappa shape index (κ3) is 4.52. The monoisotopic (exact) mass is 425 g/mol. The summed E-state index contributed by atoms with van der Waals surface area (Å²) in [5.74, 6) is -0.440. The standard InChI is InChI=1S/C21H28ClNO6/c1-20(12-27-13-20)11-18(25)28-14-29-19(26)23(2)21(10-6-5-9-17(21)24)15-7-3-4-8-16(15)22/h3-4,7-8,17,24H,5-6,9-14H2,1-2H3/t17?,21-/m0/s1. The Balaban J connectivity index is 1.66. The maximum atomic E-state index is 12.7. The van der Waals surface area contributed by atoms with Gasteiger partial charge in [0.1, 0.15) is 0 Å². The lowest BCUT2D eigenvalue weighted by atomic mass is 9.73. The van der Waals surface area contributed by atoms with Gasteiger partial charge in [-0.15, -0.1) is 0 Å². The van der Waals surface area contributed by atoms with Crippen LogP contribution in [0.1, 0.15) is 44.6 Å². The summed E-state index contributed by atoms with van der Waals surface area (Å²) in [7, 11) is 1.58. The first kappa shape index (κ1) is 21.9. The number of aliphatic hydroxyl groups is 1. The average molecular weight is 426 g/mol. The average Bonchev–Trinajstić information content (AvgIpc) is 2.67. The summed E-state index contributed by atoms with van der Waals surface area (Å²) in [6, 6.07) is 7.20. The lowest BCUT2D eigenvalue weighted by Crippen LogP contribution is -2.56. The number of carbonyl (C=O) groups excluding carboxylic acids is 2. The van der Waals surface area contributed by atoms with Crippen molar-refractivity contribution in [1.82, 2.24) is 4.90 Å². The second-order valence-corrected chi connectivity index (χ2v) is 8.66. The van der Waals surface area contributed by atoms with Crippen molar-refractivity contribution in [3.8, 4) is 0 Å². The Morgan fingerprint density at radius 3 is 2.62 bits per heavy atom. The fraction of sp³-hybridized carbons (Fsp3) is 0.619. The van der Waals surface area contributed by atoms with Crippen molar-refractivity contribution in [1.29, 1.82) is 0 Å². The van der Waals surface area contributed by atoms with Gasteiger partial charge in [-0.2, -0.15) is 0 Å². The largest absolute Gasteiger partial charge is 0.428 e. The Morgan fingerprint density at radius 2 is 2.00 bits per heavy atom. The summed E-state index contributed by atoms with van der Waals surface area (Å²) in [4.78, 5) is 26.1. The first-order chi connectivity index (χ1) is 13.8. The smallest absolute Gasteiger partial charge is 0.413 e. The van der Waals surface area contributed by atoms with Crippen LogP contribution in [0.3, 0.4) is 0 Å². The van der Waals surface area contributed by atoms with Crippen molar-refractivity contribution in [2.24, 2.45) is 5.41 Å². The van der Waals surface area contributed by atoms with Crippen LogP contribution < -0.4 is 0 Å². The van der Waals surface area contributed by atoms with Gasteiger partial charge in [0.2, 0.25) is 6.79 Å². The van der Waals surface area contributed by atoms with Gasteiger partial charge in [0.15, 0.2) is 0 Å². The van der Waals surface area contributed by atoms with Crippen LogP contribution in [0.4, 0.5) is 4.79 Å². The van der Waals surface area contributed by atoms with E-state index in [4.69, 9.17) is 25.8 Å². The molecule has 7 nitrogen and oxygen atoms in total. The van der Waals surface area contributed by atoms with Crippen LogP contribution in [0, 0.1) is 5.41 Å². The van der Waals surface area contributed by atoms with Crippen molar-refractivity contribution in [2.45, 2.75) is 50.7 Å². The molecule has 3 rings (SSSR count). The topological polar surface area (TPSA) is 85.3 Å². The zero-order chi connectivity index (χ0) is 21.1. The van der Waals surface area contributed by atoms with Crippen LogP contribution in [0.5, 0.6) is 0 Å². The number of hydrogen-bond acceptors (Lipinski definition) is 6. The van der Waals surface area contributed by atoms with E-state index in [0.29, 0.717) is 36.6 Å². The molecule has 1 aromatic rings. The molecule has 1 amide bonds. The van der Waals surface area contributed by atoms with Crippen LogP contribution in [0.2, 0.25) is 5.02 Å². The fourth-order valence-corrected chi connectivity index (χ4v) is 4.49. The first-order valence-electron chi connectivity index (χ1n) is 9.85. The predicted molar refractivity (Wildman–Crippen MR) is 106 cm³/mol. The summed E-state index contributed by atoms with van der Waals surface area (Å²) < 4.78 is 15.4. The number of esters is 1. The molecule has 1 aromatic carbocycles. The highest BCUT2D eigenvalue weighted by Gasteiger charge is 2.48. The molecule has 1 heterocycles. The van der Waals surface area contributed by atoms with Crippen LogP contribution in [-0.4, -0.2) is 55.2 Å². The minimum Gasteiger partial charge on any atom is -0.428 e. The Labute approximate surface area is 175 Å². The molecule has 0 aromatic heterocycles. The number of hydrogen-bond donors (Lipinski definition) is 1. The summed E-state index contributed by atoms with van der Waals surface area (Å²) in [5.41, 5.74) is -0.518. The van der Waals surface area contributed by atoms with Gasteiger partial charge in [-0.25, -0.2) is 4.79 Å². The van der Waals surface area contributed by atoms with Gasteiger partial charge in [-0.3, -0.25) is 9.69 Å². The second kappa shape index (κ2) is 8.90. The summed E-state index contributed by atoms with van der Waals surface area (Å²) in [6.45, 7) is 2.49. The van der Waals surface area contributed by atoms with Crippen molar-refractivity contribution in [2.75, 3.05) is 27.1 Å². The highest BCUT2D eigenvalue weighted by Crippen LogP contribution is 2.44.